The van der Waals surface area contributed by atoms with Gasteiger partial charge in [-0.2, -0.15) is 5.10 Å². The van der Waals surface area contributed by atoms with Crippen LogP contribution in [0.5, 0.6) is 5.75 Å². The van der Waals surface area contributed by atoms with Gasteiger partial charge in [0.05, 0.1) is 18.5 Å². The SMILES string of the molecule is CCOc1ccc(C=NNc2nc(-c3ccccc3)c(C)s2)cc1. The zero-order valence-corrected chi connectivity index (χ0v) is 14.5. The van der Waals surface area contributed by atoms with E-state index in [0.717, 1.165) is 27.7 Å². The van der Waals surface area contributed by atoms with Crippen molar-refractivity contribution < 1.29 is 4.74 Å². The van der Waals surface area contributed by atoms with E-state index in [9.17, 15) is 0 Å². The molecule has 2 aromatic carbocycles. The molecule has 0 aliphatic rings. The number of aryl methyl sites for hydroxylation is 1. The molecule has 1 aromatic heterocycles. The third-order valence-corrected chi connectivity index (χ3v) is 4.28. The Labute approximate surface area is 145 Å². The molecule has 0 saturated carbocycles. The number of rotatable bonds is 6. The summed E-state index contributed by atoms with van der Waals surface area (Å²) in [4.78, 5) is 5.79. The smallest absolute Gasteiger partial charge is 0.204 e. The van der Waals surface area contributed by atoms with E-state index in [-0.39, 0.29) is 0 Å². The number of benzene rings is 2. The van der Waals surface area contributed by atoms with Crippen molar-refractivity contribution in [2.24, 2.45) is 5.10 Å². The second-order valence-corrected chi connectivity index (χ2v) is 6.37. The molecule has 0 radical (unpaired) electrons. The lowest BCUT2D eigenvalue weighted by atomic mass is 10.1. The van der Waals surface area contributed by atoms with E-state index in [0.29, 0.717) is 6.61 Å². The molecule has 0 unspecified atom stereocenters. The summed E-state index contributed by atoms with van der Waals surface area (Å²) < 4.78 is 5.42. The van der Waals surface area contributed by atoms with Gasteiger partial charge in [-0.05, 0) is 43.7 Å². The van der Waals surface area contributed by atoms with Crippen molar-refractivity contribution in [3.8, 4) is 17.0 Å². The molecule has 0 fully saturated rings. The summed E-state index contributed by atoms with van der Waals surface area (Å²) in [5.74, 6) is 0.866. The largest absolute Gasteiger partial charge is 0.494 e. The zero-order valence-electron chi connectivity index (χ0n) is 13.7. The first-order chi connectivity index (χ1) is 11.8. The molecular weight excluding hydrogens is 318 g/mol. The molecule has 0 bridgehead atoms. The van der Waals surface area contributed by atoms with E-state index in [2.05, 4.69) is 34.6 Å². The maximum atomic E-state index is 5.42. The third kappa shape index (κ3) is 4.00. The zero-order chi connectivity index (χ0) is 16.8. The molecule has 0 saturated heterocycles. The Morgan fingerprint density at radius 2 is 1.88 bits per heavy atom. The van der Waals surface area contributed by atoms with Crippen LogP contribution < -0.4 is 10.2 Å². The minimum Gasteiger partial charge on any atom is -0.494 e. The number of hydrogen-bond donors (Lipinski definition) is 1. The topological polar surface area (TPSA) is 46.5 Å². The molecule has 3 rings (SSSR count). The van der Waals surface area contributed by atoms with Gasteiger partial charge < -0.3 is 4.74 Å². The quantitative estimate of drug-likeness (QED) is 0.510. The number of aromatic nitrogens is 1. The van der Waals surface area contributed by atoms with Gasteiger partial charge in [-0.1, -0.05) is 30.3 Å². The number of nitrogens with one attached hydrogen (secondary N) is 1. The van der Waals surface area contributed by atoms with E-state index < -0.39 is 0 Å². The van der Waals surface area contributed by atoms with Gasteiger partial charge in [0.1, 0.15) is 5.75 Å². The van der Waals surface area contributed by atoms with E-state index >= 15 is 0 Å². The molecule has 0 aliphatic heterocycles. The van der Waals surface area contributed by atoms with Crippen LogP contribution in [0, 0.1) is 6.92 Å². The Morgan fingerprint density at radius 1 is 1.12 bits per heavy atom. The Morgan fingerprint density at radius 3 is 2.58 bits per heavy atom. The van der Waals surface area contributed by atoms with Crippen LogP contribution in [0.25, 0.3) is 11.3 Å². The number of thiazole rings is 1. The summed E-state index contributed by atoms with van der Waals surface area (Å²) in [6, 6.07) is 18.0. The number of hydrogen-bond acceptors (Lipinski definition) is 5. The Hall–Kier alpha value is -2.66. The van der Waals surface area contributed by atoms with Crippen molar-refractivity contribution >= 4 is 22.7 Å². The van der Waals surface area contributed by atoms with Gasteiger partial charge in [-0.3, -0.25) is 5.43 Å². The minimum atomic E-state index is 0.669. The molecule has 4 nitrogen and oxygen atoms in total. The van der Waals surface area contributed by atoms with Crippen LogP contribution in [0.1, 0.15) is 17.4 Å². The predicted octanol–water partition coefficient (Wildman–Crippen LogP) is 4.96. The Bertz CT molecular complexity index is 810. The van der Waals surface area contributed by atoms with E-state index in [1.807, 2.05) is 49.4 Å². The highest BCUT2D eigenvalue weighted by Gasteiger charge is 2.08. The first kappa shape index (κ1) is 16.2. The molecular formula is C19H19N3OS. The molecule has 0 atom stereocenters. The Kier molecular flexibility index (Phi) is 5.23. The number of nitrogens with zero attached hydrogens (tertiary/aromatic N) is 2. The molecule has 0 spiro atoms. The summed E-state index contributed by atoms with van der Waals surface area (Å²) >= 11 is 1.60. The average Bonchev–Trinajstić information content (AvgIpc) is 2.98. The van der Waals surface area contributed by atoms with E-state index in [1.165, 1.54) is 4.88 Å². The third-order valence-electron chi connectivity index (χ3n) is 3.41. The van der Waals surface area contributed by atoms with E-state index in [1.54, 1.807) is 17.6 Å². The average molecular weight is 337 g/mol. The van der Waals surface area contributed by atoms with Gasteiger partial charge in [0.2, 0.25) is 5.13 Å². The lowest BCUT2D eigenvalue weighted by Gasteiger charge is -2.01. The molecule has 122 valence electrons. The summed E-state index contributed by atoms with van der Waals surface area (Å²) in [5.41, 5.74) is 6.13. The highest BCUT2D eigenvalue weighted by molar-refractivity contribution is 7.15. The predicted molar refractivity (Wildman–Crippen MR) is 101 cm³/mol. The monoisotopic (exact) mass is 337 g/mol. The number of ether oxygens (including phenoxy) is 1. The molecule has 3 aromatic rings. The van der Waals surface area contributed by atoms with Crippen molar-refractivity contribution in [1.29, 1.82) is 0 Å². The van der Waals surface area contributed by atoms with Crippen LogP contribution in [0.3, 0.4) is 0 Å². The molecule has 1 N–H and O–H groups in total. The maximum absolute atomic E-state index is 5.42. The van der Waals surface area contributed by atoms with Gasteiger partial charge in [0, 0.05) is 10.4 Å². The second kappa shape index (κ2) is 7.75. The lowest BCUT2D eigenvalue weighted by molar-refractivity contribution is 0.340. The number of anilines is 1. The molecule has 5 heteroatoms. The van der Waals surface area contributed by atoms with Crippen LogP contribution in [-0.2, 0) is 0 Å². The summed E-state index contributed by atoms with van der Waals surface area (Å²) in [6.07, 6.45) is 1.77. The summed E-state index contributed by atoms with van der Waals surface area (Å²) in [7, 11) is 0. The number of hydrazone groups is 1. The highest BCUT2D eigenvalue weighted by atomic mass is 32.1. The Balaban J connectivity index is 1.66. The van der Waals surface area contributed by atoms with Gasteiger partial charge in [0.25, 0.3) is 0 Å². The van der Waals surface area contributed by atoms with Crippen molar-refractivity contribution in [1.82, 2.24) is 4.98 Å². The minimum absolute atomic E-state index is 0.669. The molecule has 1 heterocycles. The molecule has 24 heavy (non-hydrogen) atoms. The van der Waals surface area contributed by atoms with Crippen LogP contribution in [0.2, 0.25) is 0 Å². The van der Waals surface area contributed by atoms with Crippen LogP contribution in [0.15, 0.2) is 59.7 Å². The molecule has 0 amide bonds. The summed E-state index contributed by atoms with van der Waals surface area (Å²) in [5, 5.41) is 5.05. The highest BCUT2D eigenvalue weighted by Crippen LogP contribution is 2.30. The molecule has 0 aliphatic carbocycles. The fourth-order valence-electron chi connectivity index (χ4n) is 2.29. The first-order valence-electron chi connectivity index (χ1n) is 7.81. The van der Waals surface area contributed by atoms with Crippen molar-refractivity contribution in [3.05, 3.63) is 65.0 Å². The van der Waals surface area contributed by atoms with Gasteiger partial charge in [0.15, 0.2) is 0 Å². The summed E-state index contributed by atoms with van der Waals surface area (Å²) in [6.45, 7) is 4.71. The van der Waals surface area contributed by atoms with Gasteiger partial charge in [-0.25, -0.2) is 4.98 Å². The lowest BCUT2D eigenvalue weighted by Crippen LogP contribution is -1.92. The van der Waals surface area contributed by atoms with E-state index in [4.69, 9.17) is 4.74 Å². The maximum Gasteiger partial charge on any atom is 0.204 e. The fraction of sp³-hybridized carbons (Fsp3) is 0.158. The van der Waals surface area contributed by atoms with Crippen LogP contribution >= 0.6 is 11.3 Å². The van der Waals surface area contributed by atoms with Gasteiger partial charge in [-0.15, -0.1) is 11.3 Å². The van der Waals surface area contributed by atoms with Crippen LogP contribution in [0.4, 0.5) is 5.13 Å². The standard InChI is InChI=1S/C19H19N3OS/c1-3-23-17-11-9-15(10-12-17)13-20-22-19-21-18(14(2)24-19)16-7-5-4-6-8-16/h4-13H,3H2,1-2H3,(H,21,22). The normalized spacial score (nSPS) is 10.9. The van der Waals surface area contributed by atoms with Crippen molar-refractivity contribution in [2.45, 2.75) is 13.8 Å². The van der Waals surface area contributed by atoms with Crippen molar-refractivity contribution in [3.63, 3.8) is 0 Å². The van der Waals surface area contributed by atoms with Crippen LogP contribution in [-0.4, -0.2) is 17.8 Å². The van der Waals surface area contributed by atoms with Crippen molar-refractivity contribution in [2.75, 3.05) is 12.0 Å². The first-order valence-corrected chi connectivity index (χ1v) is 8.62. The van der Waals surface area contributed by atoms with Gasteiger partial charge >= 0.3 is 0 Å². The fourth-order valence-corrected chi connectivity index (χ4v) is 3.07. The second-order valence-electron chi connectivity index (χ2n) is 5.16.